The number of phosphoric acid groups is 1. The highest BCUT2D eigenvalue weighted by molar-refractivity contribution is 7.40. The van der Waals surface area contributed by atoms with Crippen LogP contribution in [-0.2, 0) is 4.57 Å². The van der Waals surface area contributed by atoms with Crippen LogP contribution in [0, 0.1) is 0 Å². The third-order valence-corrected chi connectivity index (χ3v) is 14.8. The number of unbranched alkanes of at least 4 members (excludes halogenated alkanes) is 24. The van der Waals surface area contributed by atoms with Crippen molar-refractivity contribution >= 4 is 7.82 Å². The van der Waals surface area contributed by atoms with Crippen LogP contribution in [0.15, 0.2) is 0 Å². The van der Waals surface area contributed by atoms with Crippen LogP contribution in [0.25, 0.3) is 0 Å². The fourth-order valence-electron chi connectivity index (χ4n) is 10.1. The minimum absolute atomic E-state index is 1.36. The smallest absolute Gasteiger partial charge is 0.0786 e. The van der Waals surface area contributed by atoms with Gasteiger partial charge in [0.1, 0.15) is 0 Å². The Bertz CT molecular complexity index is 800. The maximum absolute atomic E-state index is 8.55. The van der Waals surface area contributed by atoms with Crippen LogP contribution in [0.5, 0.6) is 0 Å². The maximum atomic E-state index is 8.55. The Kier molecular flexibility index (Phi) is 61.7. The fraction of sp³-hybridized carbons (Fsp3) is 1.00. The summed E-state index contributed by atoms with van der Waals surface area (Å²) in [4.78, 5) is 25.6. The quantitative estimate of drug-likeness (QED) is 0.0345. The van der Waals surface area contributed by atoms with Crippen LogP contribution in [0.3, 0.4) is 0 Å². The van der Waals surface area contributed by atoms with E-state index < -0.39 is 7.82 Å². The highest BCUT2D eigenvalue weighted by atomic mass is 31.2. The summed E-state index contributed by atoms with van der Waals surface area (Å²) >= 11 is 0. The molecule has 0 radical (unpaired) electrons. The fourth-order valence-corrected chi connectivity index (χ4v) is 10.1. The lowest BCUT2D eigenvalue weighted by atomic mass is 10.1. The molecule has 0 aromatic carbocycles. The van der Waals surface area contributed by atoms with E-state index in [1.54, 1.807) is 0 Å². The lowest BCUT2D eigenvalue weighted by Gasteiger charge is -2.39. The summed E-state index contributed by atoms with van der Waals surface area (Å²) in [5.74, 6) is 0. The van der Waals surface area contributed by atoms with Crippen molar-refractivity contribution in [3.05, 3.63) is 0 Å². The van der Waals surface area contributed by atoms with Gasteiger partial charge in [0.05, 0.1) is 78.5 Å². The molecule has 0 heterocycles. The van der Waals surface area contributed by atoms with Crippen LogP contribution >= 0.6 is 7.82 Å². The van der Waals surface area contributed by atoms with Gasteiger partial charge >= 0.3 is 0 Å². The summed E-state index contributed by atoms with van der Waals surface area (Å²) < 4.78 is 12.9. The first kappa shape index (κ1) is 74.5. The summed E-state index contributed by atoms with van der Waals surface area (Å²) in [6, 6.07) is 0. The normalized spacial score (nSPS) is 12.0. The van der Waals surface area contributed by atoms with Crippen LogP contribution in [0.2, 0.25) is 0 Å². The third kappa shape index (κ3) is 53.8. The van der Waals surface area contributed by atoms with Gasteiger partial charge in [-0.2, -0.15) is 7.82 Å². The number of hydrogen-bond acceptors (Lipinski definition) is 4. The van der Waals surface area contributed by atoms with Gasteiger partial charge in [0.2, 0.25) is 0 Å². The van der Waals surface area contributed by atoms with Crippen LogP contribution in [-0.4, -0.2) is 92.0 Å². The average molecular weight is 991 g/mol. The lowest BCUT2D eigenvalue weighted by Crippen LogP contribution is -2.50. The molecule has 68 heavy (non-hydrogen) atoms. The van der Waals surface area contributed by atoms with E-state index in [-0.39, 0.29) is 0 Å². The second kappa shape index (κ2) is 56.3. The minimum atomic E-state index is -5.39. The predicted molar refractivity (Wildman–Crippen MR) is 301 cm³/mol. The number of hydrogen-bond donors (Lipinski definition) is 0. The van der Waals surface area contributed by atoms with E-state index in [1.165, 1.54) is 323 Å². The molecule has 0 spiro atoms. The Morgan fingerprint density at radius 2 is 0.309 bits per heavy atom. The van der Waals surface area contributed by atoms with Crippen LogP contribution in [0.1, 0.15) is 314 Å². The van der Waals surface area contributed by atoms with Gasteiger partial charge in [-0.25, -0.2) is 0 Å². The van der Waals surface area contributed by atoms with E-state index in [0.29, 0.717) is 0 Å². The molecule has 416 valence electrons. The zero-order chi connectivity index (χ0) is 51.9. The molecule has 0 fully saturated rings. The van der Waals surface area contributed by atoms with E-state index in [2.05, 4.69) is 83.1 Å². The zero-order valence-electron chi connectivity index (χ0n) is 49.4. The number of quaternary nitrogens is 3. The van der Waals surface area contributed by atoms with Crippen molar-refractivity contribution in [1.29, 1.82) is 0 Å². The molecule has 0 aliphatic heterocycles. The third-order valence-electron chi connectivity index (χ3n) is 14.8. The zero-order valence-corrected chi connectivity index (χ0v) is 50.3. The van der Waals surface area contributed by atoms with Crippen LogP contribution < -0.4 is 14.7 Å². The maximum Gasteiger partial charge on any atom is 0.0786 e. The first-order valence-corrected chi connectivity index (χ1v) is 32.5. The summed E-state index contributed by atoms with van der Waals surface area (Å²) in [5.41, 5.74) is 0. The summed E-state index contributed by atoms with van der Waals surface area (Å²) in [6.07, 6.45) is 50.9. The summed E-state index contributed by atoms with van der Waals surface area (Å²) in [5, 5.41) is 0. The Morgan fingerprint density at radius 1 is 0.206 bits per heavy atom. The molecule has 0 bridgehead atoms. The first-order valence-electron chi connectivity index (χ1n) is 31.0. The van der Waals surface area contributed by atoms with Gasteiger partial charge < -0.3 is 32.7 Å². The molecule has 0 atom stereocenters. The molecule has 0 aliphatic rings. The average Bonchev–Trinajstić information content (AvgIpc) is 3.33. The van der Waals surface area contributed by atoms with E-state index >= 15 is 0 Å². The molecule has 0 saturated heterocycles. The molecular weight excluding hydrogens is 858 g/mol. The van der Waals surface area contributed by atoms with Gasteiger partial charge in [-0.15, -0.1) is 0 Å². The van der Waals surface area contributed by atoms with Crippen molar-refractivity contribution in [2.24, 2.45) is 0 Å². The Morgan fingerprint density at radius 3 is 0.441 bits per heavy atom. The Hall–Kier alpha value is -0.0100. The second-order valence-corrected chi connectivity index (χ2v) is 22.5. The topological polar surface area (TPSA) is 86.2 Å². The Labute approximate surface area is 431 Å². The van der Waals surface area contributed by atoms with Crippen molar-refractivity contribution in [2.75, 3.05) is 78.5 Å². The van der Waals surface area contributed by atoms with Crippen molar-refractivity contribution < 1.29 is 32.7 Å². The standard InChI is InChI=1S/3C20H44N.H3O4P/c3*1-5-9-13-14-15-16-20-21(17-10-6-2,18-11-7-3)19-12-8-4;1-5(2,3)4/h3*5-20H2,1-4H3;(H3,1,2,3,4)/q3*+1;/p-3. The highest BCUT2D eigenvalue weighted by Gasteiger charge is 2.27. The largest absolute Gasteiger partial charge is 0.822 e. The van der Waals surface area contributed by atoms with Crippen LogP contribution in [0.4, 0.5) is 0 Å². The molecule has 0 amide bonds. The molecule has 0 unspecified atom stereocenters. The molecule has 0 aromatic heterocycles. The number of nitrogens with zero attached hydrogens (tertiary/aromatic N) is 3. The van der Waals surface area contributed by atoms with Gasteiger partial charge in [0.15, 0.2) is 0 Å². The van der Waals surface area contributed by atoms with E-state index in [0.717, 1.165) is 0 Å². The van der Waals surface area contributed by atoms with Crippen molar-refractivity contribution in [3.8, 4) is 0 Å². The molecule has 0 aliphatic carbocycles. The van der Waals surface area contributed by atoms with Gasteiger partial charge in [-0.1, -0.05) is 218 Å². The molecule has 8 heteroatoms. The van der Waals surface area contributed by atoms with Crippen molar-refractivity contribution in [3.63, 3.8) is 0 Å². The SMILES string of the molecule is CCCCCCCC[N+](CCCC)(CCCC)CCCC.CCCCCCCC[N+](CCCC)(CCCC)CCCC.CCCCCCCC[N+](CCCC)(CCCC)CCCC.O=P([O-])([O-])[O-]. The van der Waals surface area contributed by atoms with E-state index in [4.69, 9.17) is 19.2 Å². The minimum Gasteiger partial charge on any atom is -0.822 e. The van der Waals surface area contributed by atoms with E-state index in [1.807, 2.05) is 0 Å². The molecule has 0 rings (SSSR count). The summed E-state index contributed by atoms with van der Waals surface area (Å²) in [7, 11) is -5.39. The lowest BCUT2D eigenvalue weighted by molar-refractivity contribution is -0.929. The number of rotatable bonds is 48. The first-order chi connectivity index (χ1) is 32.7. The van der Waals surface area contributed by atoms with Gasteiger partial charge in [0, 0.05) is 0 Å². The van der Waals surface area contributed by atoms with Crippen molar-refractivity contribution in [1.82, 2.24) is 0 Å². The molecule has 0 N–H and O–H groups in total. The van der Waals surface area contributed by atoms with E-state index in [9.17, 15) is 0 Å². The highest BCUT2D eigenvalue weighted by Crippen LogP contribution is 2.21. The molecule has 0 aromatic rings. The second-order valence-electron chi connectivity index (χ2n) is 21.6. The monoisotopic (exact) mass is 990 g/mol. The Balaban J connectivity index is -0.000000429. The molecule has 7 nitrogen and oxygen atoms in total. The predicted octanol–water partition coefficient (Wildman–Crippen LogP) is 16.9. The van der Waals surface area contributed by atoms with Gasteiger partial charge in [-0.05, 0) is 96.3 Å². The van der Waals surface area contributed by atoms with Gasteiger partial charge in [-0.3, -0.25) is 0 Å². The summed E-state index contributed by atoms with van der Waals surface area (Å²) in [6.45, 7) is 45.3. The van der Waals surface area contributed by atoms with Crippen molar-refractivity contribution in [2.45, 2.75) is 314 Å². The molecular formula is C60H132N3O4P. The molecule has 0 saturated carbocycles. The van der Waals surface area contributed by atoms with Gasteiger partial charge in [0.25, 0.3) is 0 Å².